The molecule has 4 nitrogen and oxygen atoms in total. The number of hydrogen-bond acceptors (Lipinski definition) is 3. The molecular formula is C15H21FN4. The summed E-state index contributed by atoms with van der Waals surface area (Å²) in [6.45, 7) is 3.34. The quantitative estimate of drug-likeness (QED) is 0.790. The number of hydrogen-bond donors (Lipinski definition) is 1. The molecule has 0 fully saturated rings. The Morgan fingerprint density at radius 3 is 2.55 bits per heavy atom. The van der Waals surface area contributed by atoms with Crippen molar-refractivity contribution in [3.05, 3.63) is 35.8 Å². The van der Waals surface area contributed by atoms with Gasteiger partial charge in [0.15, 0.2) is 0 Å². The van der Waals surface area contributed by atoms with Gasteiger partial charge in [-0.15, -0.1) is 5.10 Å². The van der Waals surface area contributed by atoms with E-state index in [4.69, 9.17) is 5.73 Å². The smallest absolute Gasteiger partial charge is 0.123 e. The van der Waals surface area contributed by atoms with Gasteiger partial charge in [-0.1, -0.05) is 31.4 Å². The van der Waals surface area contributed by atoms with Crippen LogP contribution < -0.4 is 5.73 Å². The predicted octanol–water partition coefficient (Wildman–Crippen LogP) is 3.12. The Balaban J connectivity index is 2.20. The summed E-state index contributed by atoms with van der Waals surface area (Å²) in [4.78, 5) is 0. The molecule has 2 rings (SSSR count). The number of nitrogens with zero attached hydrogens (tertiary/aromatic N) is 3. The fourth-order valence-electron chi connectivity index (χ4n) is 2.25. The van der Waals surface area contributed by atoms with E-state index in [1.54, 1.807) is 12.1 Å². The molecular weight excluding hydrogens is 255 g/mol. The molecule has 0 radical (unpaired) electrons. The summed E-state index contributed by atoms with van der Waals surface area (Å²) in [6.07, 6.45) is 4.67. The summed E-state index contributed by atoms with van der Waals surface area (Å²) >= 11 is 0. The van der Waals surface area contributed by atoms with E-state index in [9.17, 15) is 4.39 Å². The second kappa shape index (κ2) is 7.14. The Bertz CT molecular complexity index is 533. The van der Waals surface area contributed by atoms with Crippen LogP contribution in [0.25, 0.3) is 11.3 Å². The van der Waals surface area contributed by atoms with Crippen molar-refractivity contribution in [2.24, 2.45) is 5.73 Å². The maximum Gasteiger partial charge on any atom is 0.123 e. The third kappa shape index (κ3) is 3.42. The third-order valence-corrected chi connectivity index (χ3v) is 3.34. The Labute approximate surface area is 118 Å². The predicted molar refractivity (Wildman–Crippen MR) is 77.4 cm³/mol. The van der Waals surface area contributed by atoms with Crippen molar-refractivity contribution in [1.82, 2.24) is 15.0 Å². The summed E-state index contributed by atoms with van der Waals surface area (Å²) in [5.41, 5.74) is 8.29. The van der Waals surface area contributed by atoms with E-state index in [1.807, 2.05) is 4.68 Å². The minimum absolute atomic E-state index is 0.245. The molecule has 0 bridgehead atoms. The highest BCUT2D eigenvalue weighted by molar-refractivity contribution is 5.61. The summed E-state index contributed by atoms with van der Waals surface area (Å²) in [5, 5.41) is 8.30. The number of benzene rings is 1. The zero-order valence-corrected chi connectivity index (χ0v) is 11.8. The molecule has 0 spiro atoms. The molecule has 1 heterocycles. The number of rotatable bonds is 7. The van der Waals surface area contributed by atoms with E-state index in [2.05, 4.69) is 17.2 Å². The number of aromatic nitrogens is 3. The van der Waals surface area contributed by atoms with Gasteiger partial charge in [0.05, 0.1) is 5.69 Å². The van der Waals surface area contributed by atoms with Gasteiger partial charge in [-0.25, -0.2) is 9.07 Å². The van der Waals surface area contributed by atoms with Gasteiger partial charge in [-0.2, -0.15) is 0 Å². The average Bonchev–Trinajstić information content (AvgIpc) is 2.87. The zero-order chi connectivity index (χ0) is 14.4. The summed E-state index contributed by atoms with van der Waals surface area (Å²) < 4.78 is 14.9. The van der Waals surface area contributed by atoms with Crippen LogP contribution in [0.15, 0.2) is 24.3 Å². The molecule has 20 heavy (non-hydrogen) atoms. The van der Waals surface area contributed by atoms with Crippen molar-refractivity contribution in [3.8, 4) is 11.3 Å². The highest BCUT2D eigenvalue weighted by Gasteiger charge is 2.13. The molecule has 2 aromatic rings. The lowest BCUT2D eigenvalue weighted by Crippen LogP contribution is -2.05. The van der Waals surface area contributed by atoms with Gasteiger partial charge < -0.3 is 5.73 Å². The fraction of sp³-hybridized carbons (Fsp3) is 0.467. The van der Waals surface area contributed by atoms with Crippen LogP contribution in [0.5, 0.6) is 0 Å². The standard InChI is InChI=1S/C15H21FN4/c1-2-3-4-5-10-20-15(14(11-17)18-19-20)12-6-8-13(16)9-7-12/h6-9H,2-5,10-11,17H2,1H3. The molecule has 0 saturated carbocycles. The Hall–Kier alpha value is -1.75. The molecule has 1 aromatic carbocycles. The van der Waals surface area contributed by atoms with Crippen molar-refractivity contribution in [2.75, 3.05) is 0 Å². The maximum absolute atomic E-state index is 13.0. The zero-order valence-electron chi connectivity index (χ0n) is 11.8. The van der Waals surface area contributed by atoms with Crippen molar-refractivity contribution < 1.29 is 4.39 Å². The first-order valence-corrected chi connectivity index (χ1v) is 7.14. The molecule has 0 unspecified atom stereocenters. The molecule has 108 valence electrons. The minimum Gasteiger partial charge on any atom is -0.325 e. The van der Waals surface area contributed by atoms with E-state index in [1.165, 1.54) is 31.4 Å². The van der Waals surface area contributed by atoms with E-state index in [0.29, 0.717) is 6.54 Å². The van der Waals surface area contributed by atoms with Crippen LogP contribution in [0.1, 0.15) is 38.3 Å². The summed E-state index contributed by atoms with van der Waals surface area (Å²) in [5.74, 6) is -0.245. The van der Waals surface area contributed by atoms with Crippen molar-refractivity contribution in [3.63, 3.8) is 0 Å². The molecule has 0 amide bonds. The van der Waals surface area contributed by atoms with Gasteiger partial charge >= 0.3 is 0 Å². The Morgan fingerprint density at radius 1 is 1.15 bits per heavy atom. The first-order valence-electron chi connectivity index (χ1n) is 7.14. The topological polar surface area (TPSA) is 56.7 Å². The number of aryl methyl sites for hydroxylation is 1. The maximum atomic E-state index is 13.0. The SMILES string of the molecule is CCCCCCn1nnc(CN)c1-c1ccc(F)cc1. The average molecular weight is 276 g/mol. The first kappa shape index (κ1) is 14.7. The third-order valence-electron chi connectivity index (χ3n) is 3.34. The monoisotopic (exact) mass is 276 g/mol. The van der Waals surface area contributed by atoms with Crippen molar-refractivity contribution in [2.45, 2.75) is 45.7 Å². The lowest BCUT2D eigenvalue weighted by molar-refractivity contribution is 0.531. The van der Waals surface area contributed by atoms with Gasteiger partial charge in [-0.3, -0.25) is 0 Å². The minimum atomic E-state index is -0.245. The fourth-order valence-corrected chi connectivity index (χ4v) is 2.25. The largest absolute Gasteiger partial charge is 0.325 e. The Morgan fingerprint density at radius 2 is 1.90 bits per heavy atom. The van der Waals surface area contributed by atoms with E-state index < -0.39 is 0 Å². The van der Waals surface area contributed by atoms with Gasteiger partial charge in [0, 0.05) is 18.7 Å². The van der Waals surface area contributed by atoms with Crippen LogP contribution in [0, 0.1) is 5.82 Å². The van der Waals surface area contributed by atoms with Gasteiger partial charge in [0.2, 0.25) is 0 Å². The lowest BCUT2D eigenvalue weighted by Gasteiger charge is -2.08. The van der Waals surface area contributed by atoms with Gasteiger partial charge in [0.25, 0.3) is 0 Å². The summed E-state index contributed by atoms with van der Waals surface area (Å²) in [7, 11) is 0. The molecule has 1 aromatic heterocycles. The van der Waals surface area contributed by atoms with Gasteiger partial charge in [0.1, 0.15) is 11.5 Å². The Kier molecular flexibility index (Phi) is 5.24. The van der Waals surface area contributed by atoms with E-state index in [-0.39, 0.29) is 5.82 Å². The van der Waals surface area contributed by atoms with Crippen LogP contribution in [-0.4, -0.2) is 15.0 Å². The lowest BCUT2D eigenvalue weighted by atomic mass is 10.1. The van der Waals surface area contributed by atoms with E-state index >= 15 is 0 Å². The van der Waals surface area contributed by atoms with Crippen LogP contribution in [-0.2, 0) is 13.1 Å². The molecule has 2 N–H and O–H groups in total. The van der Waals surface area contributed by atoms with Crippen LogP contribution in [0.2, 0.25) is 0 Å². The van der Waals surface area contributed by atoms with Crippen molar-refractivity contribution in [1.29, 1.82) is 0 Å². The van der Waals surface area contributed by atoms with Gasteiger partial charge in [-0.05, 0) is 30.7 Å². The molecule has 5 heteroatoms. The second-order valence-electron chi connectivity index (χ2n) is 4.88. The first-order chi connectivity index (χ1) is 9.76. The summed E-state index contributed by atoms with van der Waals surface area (Å²) in [6, 6.07) is 6.39. The molecule has 0 saturated heterocycles. The van der Waals surface area contributed by atoms with Crippen LogP contribution in [0.3, 0.4) is 0 Å². The second-order valence-corrected chi connectivity index (χ2v) is 4.88. The van der Waals surface area contributed by atoms with Crippen LogP contribution in [0.4, 0.5) is 4.39 Å². The number of nitrogens with two attached hydrogens (primary N) is 1. The van der Waals surface area contributed by atoms with Crippen molar-refractivity contribution >= 4 is 0 Å². The van der Waals surface area contributed by atoms with Crippen LogP contribution >= 0.6 is 0 Å². The molecule has 0 atom stereocenters. The normalized spacial score (nSPS) is 10.9. The molecule has 0 aliphatic heterocycles. The number of unbranched alkanes of at least 4 members (excludes halogenated alkanes) is 3. The highest BCUT2D eigenvalue weighted by Crippen LogP contribution is 2.23. The van der Waals surface area contributed by atoms with E-state index in [0.717, 1.165) is 29.9 Å². The molecule has 0 aliphatic carbocycles. The highest BCUT2D eigenvalue weighted by atomic mass is 19.1. The molecule has 0 aliphatic rings. The number of halogens is 1.